The van der Waals surface area contributed by atoms with Gasteiger partial charge < -0.3 is 4.74 Å². The van der Waals surface area contributed by atoms with Gasteiger partial charge in [-0.15, -0.1) is 17.1 Å². The fourth-order valence-corrected chi connectivity index (χ4v) is 5.92. The first-order chi connectivity index (χ1) is 14.1. The van der Waals surface area contributed by atoms with Crippen molar-refractivity contribution in [3.63, 3.8) is 0 Å². The van der Waals surface area contributed by atoms with Gasteiger partial charge in [-0.25, -0.2) is 0 Å². The van der Waals surface area contributed by atoms with Crippen molar-refractivity contribution < 1.29 is 4.74 Å². The van der Waals surface area contributed by atoms with Gasteiger partial charge in [-0.05, 0) is 77.1 Å². The van der Waals surface area contributed by atoms with E-state index in [0.29, 0.717) is 0 Å². The SMILES string of the molecule is C=C=C(C)c1ccccc1-c1cc(C)c2sc3cc4c(cc3c2c1)C1C=CC4O1. The van der Waals surface area contributed by atoms with Crippen LogP contribution in [0.2, 0.25) is 0 Å². The van der Waals surface area contributed by atoms with Crippen LogP contribution in [0, 0.1) is 6.92 Å². The highest BCUT2D eigenvalue weighted by molar-refractivity contribution is 7.26. The maximum atomic E-state index is 6.04. The van der Waals surface area contributed by atoms with Gasteiger partial charge in [-0.3, -0.25) is 0 Å². The molecule has 0 aliphatic carbocycles. The van der Waals surface area contributed by atoms with E-state index < -0.39 is 0 Å². The third-order valence-corrected chi connectivity index (χ3v) is 7.54. The van der Waals surface area contributed by atoms with Crippen LogP contribution in [0.15, 0.2) is 73.0 Å². The van der Waals surface area contributed by atoms with Gasteiger partial charge in [-0.2, -0.15) is 0 Å². The Morgan fingerprint density at radius 1 is 1.00 bits per heavy atom. The monoisotopic (exact) mass is 392 g/mol. The van der Waals surface area contributed by atoms with E-state index in [1.54, 1.807) is 0 Å². The fourth-order valence-electron chi connectivity index (χ4n) is 4.74. The number of thiophene rings is 1. The summed E-state index contributed by atoms with van der Waals surface area (Å²) in [6.07, 6.45) is 4.63. The molecule has 2 heteroatoms. The summed E-state index contributed by atoms with van der Waals surface area (Å²) in [6.45, 7) is 8.14. The smallest absolute Gasteiger partial charge is 0.102 e. The fraction of sp³-hybridized carbons (Fsp3) is 0.148. The van der Waals surface area contributed by atoms with Crippen molar-refractivity contribution in [2.75, 3.05) is 0 Å². The van der Waals surface area contributed by atoms with Crippen LogP contribution >= 0.6 is 11.3 Å². The number of aryl methyl sites for hydroxylation is 1. The summed E-state index contributed by atoms with van der Waals surface area (Å²) in [7, 11) is 0. The Morgan fingerprint density at radius 3 is 2.55 bits per heavy atom. The van der Waals surface area contributed by atoms with Crippen LogP contribution in [0.5, 0.6) is 0 Å². The minimum absolute atomic E-state index is 0.125. The standard InChI is InChI=1S/C27H20OS/c1-4-15(2)18-7-5-6-8-19(18)17-11-16(3)27-23(12-17)22-13-20-21(14-26(22)29-27)25-10-9-24(20)28-25/h5-14,24-25H,1H2,2-3H3. The number of rotatable bonds is 2. The Kier molecular flexibility index (Phi) is 3.54. The molecular formula is C27H20OS. The van der Waals surface area contributed by atoms with E-state index in [-0.39, 0.29) is 12.2 Å². The van der Waals surface area contributed by atoms with Gasteiger partial charge >= 0.3 is 0 Å². The molecule has 1 nitrogen and oxygen atoms in total. The predicted octanol–water partition coefficient (Wildman–Crippen LogP) is 7.90. The van der Waals surface area contributed by atoms with Crippen LogP contribution in [0.1, 0.15) is 41.4 Å². The summed E-state index contributed by atoms with van der Waals surface area (Å²) >= 11 is 1.89. The van der Waals surface area contributed by atoms with Crippen molar-refractivity contribution in [1.29, 1.82) is 0 Å². The van der Waals surface area contributed by atoms with E-state index in [0.717, 1.165) is 5.57 Å². The average Bonchev–Trinajstić information content (AvgIpc) is 3.45. The van der Waals surface area contributed by atoms with E-state index in [1.165, 1.54) is 53.6 Å². The molecule has 0 saturated carbocycles. The molecule has 140 valence electrons. The van der Waals surface area contributed by atoms with Crippen LogP contribution in [-0.2, 0) is 4.74 Å². The highest BCUT2D eigenvalue weighted by atomic mass is 32.1. The first-order valence-electron chi connectivity index (χ1n) is 9.95. The first-order valence-corrected chi connectivity index (χ1v) is 10.8. The minimum atomic E-state index is 0.125. The van der Waals surface area contributed by atoms with Crippen molar-refractivity contribution in [2.45, 2.75) is 26.1 Å². The molecule has 0 fully saturated rings. The first kappa shape index (κ1) is 17.0. The van der Waals surface area contributed by atoms with Crippen LogP contribution in [0.3, 0.4) is 0 Å². The van der Waals surface area contributed by atoms with E-state index in [4.69, 9.17) is 4.74 Å². The van der Waals surface area contributed by atoms with Crippen molar-refractivity contribution in [1.82, 2.24) is 0 Å². The topological polar surface area (TPSA) is 9.23 Å². The Bertz CT molecular complexity index is 1410. The molecule has 0 amide bonds. The second kappa shape index (κ2) is 6.05. The highest BCUT2D eigenvalue weighted by Crippen LogP contribution is 2.49. The molecule has 2 bridgehead atoms. The lowest BCUT2D eigenvalue weighted by Gasteiger charge is -2.11. The molecule has 2 aliphatic heterocycles. The Hall–Kier alpha value is -2.90. The number of ether oxygens (including phenoxy) is 1. The summed E-state index contributed by atoms with van der Waals surface area (Å²) in [5.74, 6) is 0. The predicted molar refractivity (Wildman–Crippen MR) is 123 cm³/mol. The van der Waals surface area contributed by atoms with Gasteiger partial charge in [0, 0.05) is 20.2 Å². The van der Waals surface area contributed by atoms with Crippen molar-refractivity contribution >= 4 is 37.1 Å². The zero-order valence-corrected chi connectivity index (χ0v) is 17.3. The summed E-state index contributed by atoms with van der Waals surface area (Å²) in [4.78, 5) is 0. The Morgan fingerprint density at radius 2 is 1.76 bits per heavy atom. The van der Waals surface area contributed by atoms with Gasteiger partial charge in [0.05, 0.1) is 0 Å². The van der Waals surface area contributed by atoms with Gasteiger partial charge in [0.25, 0.3) is 0 Å². The van der Waals surface area contributed by atoms with E-state index >= 15 is 0 Å². The quantitative estimate of drug-likeness (QED) is 0.249. The molecule has 29 heavy (non-hydrogen) atoms. The normalized spacial score (nSPS) is 19.1. The second-order valence-electron chi connectivity index (χ2n) is 7.96. The van der Waals surface area contributed by atoms with Crippen molar-refractivity contribution in [3.05, 3.63) is 95.2 Å². The molecule has 0 radical (unpaired) electrons. The average molecular weight is 393 g/mol. The molecule has 0 saturated heterocycles. The van der Waals surface area contributed by atoms with Crippen LogP contribution in [0.25, 0.3) is 36.9 Å². The molecule has 1 aromatic heterocycles. The van der Waals surface area contributed by atoms with E-state index in [9.17, 15) is 0 Å². The number of hydrogen-bond acceptors (Lipinski definition) is 2. The molecular weight excluding hydrogens is 372 g/mol. The third kappa shape index (κ3) is 2.37. The van der Waals surface area contributed by atoms with Crippen LogP contribution < -0.4 is 0 Å². The maximum Gasteiger partial charge on any atom is 0.102 e. The number of hydrogen-bond donors (Lipinski definition) is 0. The van der Waals surface area contributed by atoms with Gasteiger partial charge in [0.15, 0.2) is 0 Å². The molecule has 2 aliphatic rings. The summed E-state index contributed by atoms with van der Waals surface area (Å²) in [6, 6.07) is 17.9. The molecule has 3 aromatic carbocycles. The Balaban J connectivity index is 1.63. The molecule has 0 N–H and O–H groups in total. The van der Waals surface area contributed by atoms with E-state index in [2.05, 4.69) is 86.8 Å². The second-order valence-corrected chi connectivity index (χ2v) is 9.01. The minimum Gasteiger partial charge on any atom is -0.357 e. The Labute approximate surface area is 174 Å². The molecule has 4 aromatic rings. The summed E-state index contributed by atoms with van der Waals surface area (Å²) < 4.78 is 8.77. The van der Waals surface area contributed by atoms with Gasteiger partial charge in [0.1, 0.15) is 12.2 Å². The van der Waals surface area contributed by atoms with Crippen LogP contribution in [0.4, 0.5) is 0 Å². The molecule has 6 rings (SSSR count). The lowest BCUT2D eigenvalue weighted by Crippen LogP contribution is -1.91. The molecule has 2 atom stereocenters. The molecule has 2 unspecified atom stereocenters. The van der Waals surface area contributed by atoms with Crippen molar-refractivity contribution in [3.8, 4) is 11.1 Å². The summed E-state index contributed by atoms with van der Waals surface area (Å²) in [5, 5.41) is 2.68. The van der Waals surface area contributed by atoms with E-state index in [1.807, 2.05) is 11.3 Å². The molecule has 0 spiro atoms. The summed E-state index contributed by atoms with van der Waals surface area (Å²) in [5.41, 5.74) is 11.8. The van der Waals surface area contributed by atoms with Crippen LogP contribution in [-0.4, -0.2) is 0 Å². The lowest BCUT2D eigenvalue weighted by molar-refractivity contribution is 0.0879. The number of benzene rings is 3. The number of fused-ring (bicyclic) bond motifs is 8. The number of allylic oxidation sites excluding steroid dienone is 1. The zero-order chi connectivity index (χ0) is 19.7. The lowest BCUT2D eigenvalue weighted by atomic mass is 9.92. The van der Waals surface area contributed by atoms with Gasteiger partial charge in [-0.1, -0.05) is 43.0 Å². The largest absolute Gasteiger partial charge is 0.357 e. The third-order valence-electron chi connectivity index (χ3n) is 6.24. The van der Waals surface area contributed by atoms with Gasteiger partial charge in [0.2, 0.25) is 0 Å². The highest BCUT2D eigenvalue weighted by Gasteiger charge is 2.34. The zero-order valence-electron chi connectivity index (χ0n) is 16.5. The molecule has 3 heterocycles. The maximum absolute atomic E-state index is 6.04. The van der Waals surface area contributed by atoms with Crippen molar-refractivity contribution in [2.24, 2.45) is 0 Å².